The van der Waals surface area contributed by atoms with E-state index in [9.17, 15) is 10.1 Å². The van der Waals surface area contributed by atoms with Gasteiger partial charge in [-0.25, -0.2) is 4.99 Å². The average Bonchev–Trinajstić information content (AvgIpc) is 2.92. The Kier molecular flexibility index (Phi) is 8.08. The molecule has 1 atom stereocenters. The Labute approximate surface area is 217 Å². The van der Waals surface area contributed by atoms with Crippen molar-refractivity contribution in [3.8, 4) is 17.7 Å². The Balaban J connectivity index is 1.55. The number of nitrogens with zero attached hydrogens (tertiary/aromatic N) is 5. The van der Waals surface area contributed by atoms with Gasteiger partial charge in [0, 0.05) is 31.2 Å². The Bertz CT molecular complexity index is 1330. The van der Waals surface area contributed by atoms with Crippen molar-refractivity contribution in [1.29, 1.82) is 5.26 Å². The van der Waals surface area contributed by atoms with Gasteiger partial charge in [-0.2, -0.15) is 5.26 Å². The van der Waals surface area contributed by atoms with Crippen molar-refractivity contribution in [1.82, 2.24) is 20.1 Å². The van der Waals surface area contributed by atoms with Crippen LogP contribution in [-0.4, -0.2) is 66.5 Å². The number of piperazine rings is 1. The minimum absolute atomic E-state index is 0.0178. The highest BCUT2D eigenvalue weighted by atomic mass is 16.5. The molecule has 192 valence electrons. The summed E-state index contributed by atoms with van der Waals surface area (Å²) in [7, 11) is 3.17. The largest absolute Gasteiger partial charge is 0.493 e. The molecule has 1 amide bonds. The molecule has 1 N–H and O–H groups in total. The number of aliphatic imine (C=N–C) groups is 1. The third-order valence-electron chi connectivity index (χ3n) is 6.63. The first-order valence-corrected chi connectivity index (χ1v) is 12.3. The van der Waals surface area contributed by atoms with Crippen LogP contribution in [0.2, 0.25) is 0 Å². The Morgan fingerprint density at radius 3 is 2.70 bits per heavy atom. The van der Waals surface area contributed by atoms with E-state index in [0.717, 1.165) is 22.2 Å². The number of ether oxygens (including phenoxy) is 2. The fraction of sp³-hybridized carbons (Fsp3) is 0.357. The van der Waals surface area contributed by atoms with E-state index in [4.69, 9.17) is 14.5 Å². The predicted octanol–water partition coefficient (Wildman–Crippen LogP) is 3.72. The molecule has 2 aromatic carbocycles. The zero-order chi connectivity index (χ0) is 26.4. The summed E-state index contributed by atoms with van der Waals surface area (Å²) in [6.07, 6.45) is 4.06. The number of amides is 1. The van der Waals surface area contributed by atoms with Crippen molar-refractivity contribution in [2.24, 2.45) is 10.9 Å². The van der Waals surface area contributed by atoms with E-state index in [1.54, 1.807) is 20.4 Å². The van der Waals surface area contributed by atoms with Gasteiger partial charge >= 0.3 is 0 Å². The molecular weight excluding hydrogens is 468 g/mol. The van der Waals surface area contributed by atoms with Gasteiger partial charge < -0.3 is 19.3 Å². The zero-order valence-electron chi connectivity index (χ0n) is 21.6. The maximum Gasteiger partial charge on any atom is 0.227 e. The molecule has 9 nitrogen and oxygen atoms in total. The number of carbonyl (C=O) groups is 1. The zero-order valence-corrected chi connectivity index (χ0v) is 21.6. The van der Waals surface area contributed by atoms with E-state index >= 15 is 0 Å². The number of benzene rings is 2. The van der Waals surface area contributed by atoms with Crippen LogP contribution in [0.3, 0.4) is 0 Å². The first-order chi connectivity index (χ1) is 17.9. The van der Waals surface area contributed by atoms with E-state index in [0.29, 0.717) is 37.1 Å². The van der Waals surface area contributed by atoms with Gasteiger partial charge in [-0.15, -0.1) is 0 Å². The molecule has 0 aliphatic carbocycles. The molecule has 1 aliphatic rings. The smallest absolute Gasteiger partial charge is 0.227 e. The topological polar surface area (TPSA) is 103 Å². The van der Waals surface area contributed by atoms with E-state index in [2.05, 4.69) is 29.0 Å². The summed E-state index contributed by atoms with van der Waals surface area (Å²) in [5, 5.41) is 13.2. The monoisotopic (exact) mass is 500 g/mol. The normalized spacial score (nSPS) is 16.0. The molecule has 3 aromatic rings. The fourth-order valence-corrected chi connectivity index (χ4v) is 4.66. The second kappa shape index (κ2) is 11.6. The summed E-state index contributed by atoms with van der Waals surface area (Å²) in [5.74, 6) is 1.97. The van der Waals surface area contributed by atoms with Gasteiger partial charge in [0.15, 0.2) is 17.7 Å². The predicted molar refractivity (Wildman–Crippen MR) is 143 cm³/mol. The second-order valence-electron chi connectivity index (χ2n) is 9.23. The van der Waals surface area contributed by atoms with Crippen LogP contribution in [0.1, 0.15) is 19.4 Å². The van der Waals surface area contributed by atoms with Crippen LogP contribution < -0.4 is 14.8 Å². The molecule has 1 aromatic heterocycles. The number of pyridine rings is 1. The maximum absolute atomic E-state index is 13.3. The molecule has 9 heteroatoms. The quantitative estimate of drug-likeness (QED) is 0.238. The molecule has 0 saturated carbocycles. The fourth-order valence-electron chi connectivity index (χ4n) is 4.66. The molecule has 0 radical (unpaired) electrons. The number of rotatable bonds is 6. The summed E-state index contributed by atoms with van der Waals surface area (Å²) >= 11 is 0. The number of guanidine groups is 1. The van der Waals surface area contributed by atoms with Crippen LogP contribution in [-0.2, 0) is 11.2 Å². The summed E-state index contributed by atoms with van der Waals surface area (Å²) in [6.45, 7) is 5.85. The van der Waals surface area contributed by atoms with Gasteiger partial charge in [-0.3, -0.25) is 15.1 Å². The molecule has 1 saturated heterocycles. The van der Waals surface area contributed by atoms with Crippen molar-refractivity contribution < 1.29 is 14.3 Å². The lowest BCUT2D eigenvalue weighted by Crippen LogP contribution is -2.60. The van der Waals surface area contributed by atoms with Crippen molar-refractivity contribution in [2.45, 2.75) is 26.3 Å². The molecule has 1 unspecified atom stereocenters. The lowest BCUT2D eigenvalue weighted by atomic mass is 9.99. The van der Waals surface area contributed by atoms with Crippen molar-refractivity contribution in [2.75, 3.05) is 33.9 Å². The minimum atomic E-state index is -0.0178. The Morgan fingerprint density at radius 1 is 1.16 bits per heavy atom. The van der Waals surface area contributed by atoms with E-state index in [1.807, 2.05) is 59.6 Å². The van der Waals surface area contributed by atoms with Crippen LogP contribution in [0.4, 0.5) is 5.69 Å². The number of hydrogen-bond acceptors (Lipinski definition) is 6. The third-order valence-corrected chi connectivity index (χ3v) is 6.63. The Hall–Kier alpha value is -4.32. The highest BCUT2D eigenvalue weighted by molar-refractivity contribution is 5.94. The molecule has 0 bridgehead atoms. The molecule has 2 heterocycles. The number of aromatic nitrogens is 1. The van der Waals surface area contributed by atoms with Crippen LogP contribution >= 0.6 is 0 Å². The van der Waals surface area contributed by atoms with E-state index in [1.165, 1.54) is 0 Å². The van der Waals surface area contributed by atoms with Gasteiger partial charge in [-0.05, 0) is 47.9 Å². The number of hydrogen-bond donors (Lipinski definition) is 1. The van der Waals surface area contributed by atoms with Crippen molar-refractivity contribution in [3.63, 3.8) is 0 Å². The van der Waals surface area contributed by atoms with Gasteiger partial charge in [0.25, 0.3) is 0 Å². The van der Waals surface area contributed by atoms with E-state index in [-0.39, 0.29) is 24.3 Å². The van der Waals surface area contributed by atoms with Gasteiger partial charge in [0.05, 0.1) is 37.9 Å². The highest BCUT2D eigenvalue weighted by Gasteiger charge is 2.33. The first-order valence-electron chi connectivity index (χ1n) is 12.3. The molecular formula is C28H32N6O3. The summed E-state index contributed by atoms with van der Waals surface area (Å²) < 4.78 is 10.7. The highest BCUT2D eigenvalue weighted by Crippen LogP contribution is 2.29. The number of carbonyl (C=O) groups excluding carboxylic acids is 1. The van der Waals surface area contributed by atoms with Crippen molar-refractivity contribution >= 4 is 28.5 Å². The van der Waals surface area contributed by atoms with Gasteiger partial charge in [0.1, 0.15) is 0 Å². The van der Waals surface area contributed by atoms with Crippen molar-refractivity contribution in [3.05, 3.63) is 60.3 Å². The number of fused-ring (bicyclic) bond motifs is 1. The first kappa shape index (κ1) is 25.8. The standard InChI is InChI=1S/C28H32N6O3/c1-19(2)24-17-33(27(35)16-20-10-11-25(36-3)26(15-20)37-4)13-14-34(24)28(31-18-29)32-23-9-5-8-22-21(23)7-6-12-30-22/h5-12,15,19,24H,13-14,16-17H2,1-4H3,(H,31,32). The number of methoxy groups -OCH3 is 2. The molecule has 1 aliphatic heterocycles. The summed E-state index contributed by atoms with van der Waals surface area (Å²) in [4.78, 5) is 26.5. The van der Waals surface area contributed by atoms with Crippen LogP contribution in [0, 0.1) is 17.4 Å². The third kappa shape index (κ3) is 5.75. The maximum atomic E-state index is 13.3. The van der Waals surface area contributed by atoms with E-state index < -0.39 is 0 Å². The molecule has 1 fully saturated rings. The SMILES string of the molecule is COc1ccc(CC(=O)N2CCN(C(=Nc3cccc4ncccc34)NC#N)C(C(C)C)C2)cc1OC. The Morgan fingerprint density at radius 2 is 1.97 bits per heavy atom. The van der Waals surface area contributed by atoms with Crippen LogP contribution in [0.25, 0.3) is 10.9 Å². The summed E-state index contributed by atoms with van der Waals surface area (Å²) in [5.41, 5.74) is 2.44. The minimum Gasteiger partial charge on any atom is -0.493 e. The number of nitriles is 1. The lowest BCUT2D eigenvalue weighted by molar-refractivity contribution is -0.133. The molecule has 0 spiro atoms. The molecule has 37 heavy (non-hydrogen) atoms. The van der Waals surface area contributed by atoms with Crippen LogP contribution in [0.5, 0.6) is 11.5 Å². The van der Waals surface area contributed by atoms with Crippen LogP contribution in [0.15, 0.2) is 59.7 Å². The van der Waals surface area contributed by atoms with Gasteiger partial charge in [-0.1, -0.05) is 26.0 Å². The van der Waals surface area contributed by atoms with Gasteiger partial charge in [0.2, 0.25) is 11.9 Å². The lowest BCUT2D eigenvalue weighted by Gasteiger charge is -2.44. The summed E-state index contributed by atoms with van der Waals surface area (Å²) in [6, 6.07) is 15.1. The number of nitrogens with one attached hydrogen (secondary N) is 1. The average molecular weight is 501 g/mol. The molecule has 4 rings (SSSR count). The second-order valence-corrected chi connectivity index (χ2v) is 9.23.